The average molecular weight is 289 g/mol. The lowest BCUT2D eigenvalue weighted by molar-refractivity contribution is 0.587. The molecule has 0 amide bonds. The van der Waals surface area contributed by atoms with Crippen LogP contribution in [0, 0.1) is 13.8 Å². The van der Waals surface area contributed by atoms with E-state index < -0.39 is 0 Å². The Kier molecular flexibility index (Phi) is 4.89. The second-order valence-corrected chi connectivity index (χ2v) is 6.57. The number of hydrogen-bond donors (Lipinski definition) is 1. The molecular weight excluding hydrogens is 266 g/mol. The molecule has 2 aromatic rings. The zero-order chi connectivity index (χ0) is 14.7. The third kappa shape index (κ3) is 3.87. The summed E-state index contributed by atoms with van der Waals surface area (Å²) in [6, 6.07) is 9.30. The maximum Gasteiger partial charge on any atom is 0.0986 e. The molecule has 3 nitrogen and oxygen atoms in total. The zero-order valence-electron chi connectivity index (χ0n) is 12.9. The van der Waals surface area contributed by atoms with Crippen LogP contribution in [-0.2, 0) is 13.6 Å². The summed E-state index contributed by atoms with van der Waals surface area (Å²) in [7, 11) is 1.99. The molecule has 0 saturated heterocycles. The van der Waals surface area contributed by atoms with E-state index in [1.807, 2.05) is 18.7 Å². The SMILES string of the molecule is Cc1cc(Sc2ccc(CNC(C)C)c(C)c2)n(C)n1. The van der Waals surface area contributed by atoms with Crippen molar-refractivity contribution in [3.05, 3.63) is 41.1 Å². The van der Waals surface area contributed by atoms with E-state index in [0.29, 0.717) is 6.04 Å². The van der Waals surface area contributed by atoms with Gasteiger partial charge >= 0.3 is 0 Å². The Morgan fingerprint density at radius 3 is 2.55 bits per heavy atom. The van der Waals surface area contributed by atoms with Crippen LogP contribution in [0.2, 0.25) is 0 Å². The summed E-state index contributed by atoms with van der Waals surface area (Å²) in [5.74, 6) is 0. The molecule has 0 aliphatic rings. The lowest BCUT2D eigenvalue weighted by Crippen LogP contribution is -2.22. The Labute approximate surface area is 125 Å². The first-order valence-corrected chi connectivity index (χ1v) is 7.79. The van der Waals surface area contributed by atoms with Crippen molar-refractivity contribution in [3.63, 3.8) is 0 Å². The van der Waals surface area contributed by atoms with Crippen molar-refractivity contribution in [1.29, 1.82) is 0 Å². The Bertz CT molecular complexity index is 587. The Balaban J connectivity index is 2.10. The molecule has 2 rings (SSSR count). The fourth-order valence-electron chi connectivity index (χ4n) is 2.05. The highest BCUT2D eigenvalue weighted by molar-refractivity contribution is 7.99. The van der Waals surface area contributed by atoms with Gasteiger partial charge < -0.3 is 5.32 Å². The first kappa shape index (κ1) is 15.1. The van der Waals surface area contributed by atoms with Crippen LogP contribution in [0.25, 0.3) is 0 Å². The van der Waals surface area contributed by atoms with Gasteiger partial charge in [-0.3, -0.25) is 4.68 Å². The fourth-order valence-corrected chi connectivity index (χ4v) is 3.06. The minimum absolute atomic E-state index is 0.515. The van der Waals surface area contributed by atoms with Gasteiger partial charge in [0, 0.05) is 24.5 Å². The van der Waals surface area contributed by atoms with E-state index in [9.17, 15) is 0 Å². The molecular formula is C16H23N3S. The van der Waals surface area contributed by atoms with Crippen LogP contribution < -0.4 is 5.32 Å². The molecule has 0 spiro atoms. The summed E-state index contributed by atoms with van der Waals surface area (Å²) in [6.45, 7) is 9.47. The van der Waals surface area contributed by atoms with Crippen molar-refractivity contribution in [2.75, 3.05) is 0 Å². The van der Waals surface area contributed by atoms with E-state index in [-0.39, 0.29) is 0 Å². The van der Waals surface area contributed by atoms with Crippen LogP contribution in [0.15, 0.2) is 34.2 Å². The van der Waals surface area contributed by atoms with Gasteiger partial charge in [0.1, 0.15) is 0 Å². The quantitative estimate of drug-likeness (QED) is 0.910. The summed E-state index contributed by atoms with van der Waals surface area (Å²) in [4.78, 5) is 1.26. The topological polar surface area (TPSA) is 29.9 Å². The molecule has 1 aromatic carbocycles. The molecule has 0 atom stereocenters. The van der Waals surface area contributed by atoms with Crippen LogP contribution in [0.1, 0.15) is 30.7 Å². The maximum absolute atomic E-state index is 4.38. The van der Waals surface area contributed by atoms with Crippen molar-refractivity contribution < 1.29 is 0 Å². The van der Waals surface area contributed by atoms with E-state index in [1.54, 1.807) is 11.8 Å². The van der Waals surface area contributed by atoms with Gasteiger partial charge in [0.25, 0.3) is 0 Å². The molecule has 0 aliphatic heterocycles. The fraction of sp³-hybridized carbons (Fsp3) is 0.438. The summed E-state index contributed by atoms with van der Waals surface area (Å²) in [5.41, 5.74) is 3.76. The molecule has 4 heteroatoms. The minimum atomic E-state index is 0.515. The molecule has 0 bridgehead atoms. The average Bonchev–Trinajstić information content (AvgIpc) is 2.66. The normalized spacial score (nSPS) is 11.3. The zero-order valence-corrected chi connectivity index (χ0v) is 13.7. The van der Waals surface area contributed by atoms with Gasteiger partial charge in [0.2, 0.25) is 0 Å². The molecule has 1 aromatic heterocycles. The van der Waals surface area contributed by atoms with Gasteiger partial charge in [-0.15, -0.1) is 0 Å². The second-order valence-electron chi connectivity index (χ2n) is 5.47. The predicted molar refractivity (Wildman–Crippen MR) is 85.2 cm³/mol. The Hall–Kier alpha value is -1.26. The first-order valence-electron chi connectivity index (χ1n) is 6.97. The van der Waals surface area contributed by atoms with Crippen molar-refractivity contribution in [2.24, 2.45) is 7.05 Å². The van der Waals surface area contributed by atoms with Crippen molar-refractivity contribution >= 4 is 11.8 Å². The number of aryl methyl sites for hydroxylation is 3. The summed E-state index contributed by atoms with van der Waals surface area (Å²) in [5, 5.41) is 9.02. The number of nitrogens with one attached hydrogen (secondary N) is 1. The summed E-state index contributed by atoms with van der Waals surface area (Å²) >= 11 is 1.76. The van der Waals surface area contributed by atoms with Crippen LogP contribution in [0.4, 0.5) is 0 Å². The van der Waals surface area contributed by atoms with Gasteiger partial charge in [-0.25, -0.2) is 0 Å². The summed E-state index contributed by atoms with van der Waals surface area (Å²) in [6.07, 6.45) is 0. The van der Waals surface area contributed by atoms with Crippen LogP contribution in [0.5, 0.6) is 0 Å². The van der Waals surface area contributed by atoms with Gasteiger partial charge in [-0.2, -0.15) is 5.10 Å². The Morgan fingerprint density at radius 1 is 1.25 bits per heavy atom. The predicted octanol–water partition coefficient (Wildman–Crippen LogP) is 3.69. The number of aromatic nitrogens is 2. The number of nitrogens with zero attached hydrogens (tertiary/aromatic N) is 2. The van der Waals surface area contributed by atoms with E-state index in [0.717, 1.165) is 12.2 Å². The molecule has 1 heterocycles. The number of benzene rings is 1. The monoisotopic (exact) mass is 289 g/mol. The molecule has 20 heavy (non-hydrogen) atoms. The third-order valence-electron chi connectivity index (χ3n) is 3.20. The molecule has 0 saturated carbocycles. The highest BCUT2D eigenvalue weighted by atomic mass is 32.2. The highest BCUT2D eigenvalue weighted by Crippen LogP contribution is 2.29. The number of rotatable bonds is 5. The van der Waals surface area contributed by atoms with Gasteiger partial charge in [-0.1, -0.05) is 31.7 Å². The van der Waals surface area contributed by atoms with E-state index in [1.165, 1.54) is 21.0 Å². The molecule has 0 aliphatic carbocycles. The van der Waals surface area contributed by atoms with E-state index >= 15 is 0 Å². The van der Waals surface area contributed by atoms with Crippen LogP contribution >= 0.6 is 11.8 Å². The molecule has 0 radical (unpaired) electrons. The smallest absolute Gasteiger partial charge is 0.0986 e. The molecule has 0 fully saturated rings. The van der Waals surface area contributed by atoms with Crippen LogP contribution in [0.3, 0.4) is 0 Å². The maximum atomic E-state index is 4.38. The lowest BCUT2D eigenvalue weighted by atomic mass is 10.1. The molecule has 0 unspecified atom stereocenters. The Morgan fingerprint density at radius 2 is 2.00 bits per heavy atom. The minimum Gasteiger partial charge on any atom is -0.310 e. The van der Waals surface area contributed by atoms with Gasteiger partial charge in [0.15, 0.2) is 0 Å². The van der Waals surface area contributed by atoms with Crippen molar-refractivity contribution in [1.82, 2.24) is 15.1 Å². The highest BCUT2D eigenvalue weighted by Gasteiger charge is 2.06. The second kappa shape index (κ2) is 6.46. The first-order chi connectivity index (χ1) is 9.45. The third-order valence-corrected chi connectivity index (χ3v) is 4.28. The van der Waals surface area contributed by atoms with Crippen molar-refractivity contribution in [2.45, 2.75) is 50.2 Å². The summed E-state index contributed by atoms with van der Waals surface area (Å²) < 4.78 is 1.93. The largest absolute Gasteiger partial charge is 0.310 e. The number of hydrogen-bond acceptors (Lipinski definition) is 3. The van der Waals surface area contributed by atoms with E-state index in [4.69, 9.17) is 0 Å². The van der Waals surface area contributed by atoms with Crippen molar-refractivity contribution in [3.8, 4) is 0 Å². The van der Waals surface area contributed by atoms with Gasteiger partial charge in [-0.05, 0) is 43.2 Å². The van der Waals surface area contributed by atoms with Crippen LogP contribution in [-0.4, -0.2) is 15.8 Å². The molecule has 1 N–H and O–H groups in total. The molecule has 108 valence electrons. The van der Waals surface area contributed by atoms with Gasteiger partial charge in [0.05, 0.1) is 10.7 Å². The lowest BCUT2D eigenvalue weighted by Gasteiger charge is -2.11. The standard InChI is InChI=1S/C16H23N3S/c1-11(2)17-10-14-6-7-15(8-12(14)3)20-16-9-13(4)18-19(16)5/h6-9,11,17H,10H2,1-5H3. The van der Waals surface area contributed by atoms with E-state index in [2.05, 4.69) is 55.5 Å².